The van der Waals surface area contributed by atoms with Crippen molar-refractivity contribution >= 4 is 5.91 Å². The van der Waals surface area contributed by atoms with Crippen molar-refractivity contribution in [2.75, 3.05) is 13.7 Å². The standard InChI is InChI=1S/C19H20FNO2/c1-23-15-6-4-5-14(13-15)9-12-21-18(22)19(10-11-19)16-7-2-3-8-17(16)20/h2-8,13H,9-12H2,1H3,(H,21,22). The van der Waals surface area contributed by atoms with Crippen LogP contribution in [-0.4, -0.2) is 19.6 Å². The normalized spacial score (nSPS) is 15.0. The fourth-order valence-electron chi connectivity index (χ4n) is 2.91. The summed E-state index contributed by atoms with van der Waals surface area (Å²) in [6, 6.07) is 14.3. The van der Waals surface area contributed by atoms with Crippen molar-refractivity contribution in [3.05, 3.63) is 65.5 Å². The van der Waals surface area contributed by atoms with Gasteiger partial charge in [0.15, 0.2) is 0 Å². The van der Waals surface area contributed by atoms with Gasteiger partial charge in [0.1, 0.15) is 11.6 Å². The molecule has 3 rings (SSSR count). The molecule has 1 N–H and O–H groups in total. The molecular weight excluding hydrogens is 293 g/mol. The molecular formula is C19H20FNO2. The van der Waals surface area contributed by atoms with Gasteiger partial charge in [0.05, 0.1) is 12.5 Å². The van der Waals surface area contributed by atoms with E-state index in [2.05, 4.69) is 5.32 Å². The van der Waals surface area contributed by atoms with E-state index in [0.29, 0.717) is 24.9 Å². The molecule has 0 aliphatic heterocycles. The first-order valence-corrected chi connectivity index (χ1v) is 7.82. The molecule has 120 valence electrons. The SMILES string of the molecule is COc1cccc(CCNC(=O)C2(c3ccccc3F)CC2)c1. The van der Waals surface area contributed by atoms with Gasteiger partial charge in [-0.15, -0.1) is 0 Å². The van der Waals surface area contributed by atoms with Gasteiger partial charge in [-0.2, -0.15) is 0 Å². The monoisotopic (exact) mass is 313 g/mol. The zero-order valence-electron chi connectivity index (χ0n) is 13.1. The van der Waals surface area contributed by atoms with Gasteiger partial charge in [0, 0.05) is 12.1 Å². The Kier molecular flexibility index (Phi) is 4.33. The maximum Gasteiger partial charge on any atom is 0.230 e. The summed E-state index contributed by atoms with van der Waals surface area (Å²) in [4.78, 5) is 12.5. The second-order valence-corrected chi connectivity index (χ2v) is 5.92. The number of halogens is 1. The average molecular weight is 313 g/mol. The number of benzene rings is 2. The maximum absolute atomic E-state index is 14.0. The molecule has 0 saturated heterocycles. The van der Waals surface area contributed by atoms with Crippen LogP contribution in [0.15, 0.2) is 48.5 Å². The molecule has 0 unspecified atom stereocenters. The van der Waals surface area contributed by atoms with Crippen LogP contribution in [0.3, 0.4) is 0 Å². The molecule has 0 atom stereocenters. The third kappa shape index (κ3) is 3.21. The Labute approximate surface area is 135 Å². The van der Waals surface area contributed by atoms with E-state index in [0.717, 1.165) is 17.7 Å². The van der Waals surface area contributed by atoms with E-state index in [9.17, 15) is 9.18 Å². The van der Waals surface area contributed by atoms with E-state index in [1.54, 1.807) is 25.3 Å². The summed E-state index contributed by atoms with van der Waals surface area (Å²) in [5, 5.41) is 2.95. The number of amides is 1. The fraction of sp³-hybridized carbons (Fsp3) is 0.316. The summed E-state index contributed by atoms with van der Waals surface area (Å²) in [5.74, 6) is 0.428. The van der Waals surface area contributed by atoms with Crippen LogP contribution in [0.5, 0.6) is 5.75 Å². The number of ether oxygens (including phenoxy) is 1. The lowest BCUT2D eigenvalue weighted by Crippen LogP contribution is -2.36. The largest absolute Gasteiger partial charge is 0.497 e. The van der Waals surface area contributed by atoms with Crippen molar-refractivity contribution in [1.29, 1.82) is 0 Å². The molecule has 23 heavy (non-hydrogen) atoms. The predicted octanol–water partition coefficient (Wildman–Crippen LogP) is 3.22. The van der Waals surface area contributed by atoms with Crippen LogP contribution in [0.1, 0.15) is 24.0 Å². The Balaban J connectivity index is 1.60. The highest BCUT2D eigenvalue weighted by molar-refractivity contribution is 5.91. The molecule has 1 amide bonds. The number of hydrogen-bond donors (Lipinski definition) is 1. The lowest BCUT2D eigenvalue weighted by atomic mass is 9.94. The van der Waals surface area contributed by atoms with Crippen molar-refractivity contribution in [2.24, 2.45) is 0 Å². The minimum Gasteiger partial charge on any atom is -0.497 e. The van der Waals surface area contributed by atoms with Gasteiger partial charge in [0.25, 0.3) is 0 Å². The minimum atomic E-state index is -0.667. The summed E-state index contributed by atoms with van der Waals surface area (Å²) in [6.07, 6.45) is 2.13. The van der Waals surface area contributed by atoms with Gasteiger partial charge in [-0.3, -0.25) is 4.79 Å². The van der Waals surface area contributed by atoms with Crippen molar-refractivity contribution in [3.63, 3.8) is 0 Å². The van der Waals surface area contributed by atoms with Crippen LogP contribution in [0.25, 0.3) is 0 Å². The van der Waals surface area contributed by atoms with E-state index in [-0.39, 0.29) is 11.7 Å². The summed E-state index contributed by atoms with van der Waals surface area (Å²) in [6.45, 7) is 0.530. The Hall–Kier alpha value is -2.36. The highest BCUT2D eigenvalue weighted by atomic mass is 19.1. The quantitative estimate of drug-likeness (QED) is 0.889. The molecule has 1 aliphatic rings. The lowest BCUT2D eigenvalue weighted by Gasteiger charge is -2.16. The molecule has 0 spiro atoms. The van der Waals surface area contributed by atoms with Crippen molar-refractivity contribution in [1.82, 2.24) is 5.32 Å². The van der Waals surface area contributed by atoms with Gasteiger partial charge in [0.2, 0.25) is 5.91 Å². The Bertz CT molecular complexity index is 710. The zero-order valence-corrected chi connectivity index (χ0v) is 13.1. The molecule has 4 heteroatoms. The predicted molar refractivity (Wildman–Crippen MR) is 87.0 cm³/mol. The molecule has 0 radical (unpaired) electrons. The van der Waals surface area contributed by atoms with Crippen LogP contribution >= 0.6 is 0 Å². The van der Waals surface area contributed by atoms with Gasteiger partial charge in [-0.25, -0.2) is 4.39 Å². The molecule has 0 aromatic heterocycles. The molecule has 3 nitrogen and oxygen atoms in total. The van der Waals surface area contributed by atoms with Crippen LogP contribution < -0.4 is 10.1 Å². The highest BCUT2D eigenvalue weighted by Gasteiger charge is 2.52. The van der Waals surface area contributed by atoms with Gasteiger partial charge >= 0.3 is 0 Å². The van der Waals surface area contributed by atoms with Gasteiger partial charge in [-0.05, 0) is 43.0 Å². The molecule has 2 aromatic rings. The number of nitrogens with one attached hydrogen (secondary N) is 1. The van der Waals surface area contributed by atoms with Gasteiger partial charge < -0.3 is 10.1 Å². The maximum atomic E-state index is 14.0. The van der Waals surface area contributed by atoms with E-state index < -0.39 is 5.41 Å². The Morgan fingerprint density at radius 1 is 1.22 bits per heavy atom. The number of rotatable bonds is 6. The van der Waals surface area contributed by atoms with Crippen LogP contribution in [0.4, 0.5) is 4.39 Å². The van der Waals surface area contributed by atoms with Crippen LogP contribution in [0, 0.1) is 5.82 Å². The van der Waals surface area contributed by atoms with E-state index >= 15 is 0 Å². The summed E-state index contributed by atoms with van der Waals surface area (Å²) in [7, 11) is 1.63. The fourth-order valence-corrected chi connectivity index (χ4v) is 2.91. The summed E-state index contributed by atoms with van der Waals surface area (Å²) < 4.78 is 19.2. The first-order valence-electron chi connectivity index (χ1n) is 7.82. The van der Waals surface area contributed by atoms with E-state index in [4.69, 9.17) is 4.74 Å². The zero-order chi connectivity index (χ0) is 16.3. The average Bonchev–Trinajstić information content (AvgIpc) is 3.37. The number of carbonyl (C=O) groups excluding carboxylic acids is 1. The van der Waals surface area contributed by atoms with Crippen LogP contribution in [-0.2, 0) is 16.6 Å². The topological polar surface area (TPSA) is 38.3 Å². The first-order chi connectivity index (χ1) is 11.2. The third-order valence-corrected chi connectivity index (χ3v) is 4.41. The first kappa shape index (κ1) is 15.5. The smallest absolute Gasteiger partial charge is 0.230 e. The summed E-state index contributed by atoms with van der Waals surface area (Å²) in [5.41, 5.74) is 0.943. The van der Waals surface area contributed by atoms with Crippen molar-refractivity contribution in [2.45, 2.75) is 24.7 Å². The Morgan fingerprint density at radius 2 is 2.00 bits per heavy atom. The number of carbonyl (C=O) groups is 1. The third-order valence-electron chi connectivity index (χ3n) is 4.41. The highest BCUT2D eigenvalue weighted by Crippen LogP contribution is 2.49. The van der Waals surface area contributed by atoms with E-state index in [1.165, 1.54) is 6.07 Å². The van der Waals surface area contributed by atoms with Gasteiger partial charge in [-0.1, -0.05) is 30.3 Å². The minimum absolute atomic E-state index is 0.0782. The lowest BCUT2D eigenvalue weighted by molar-refractivity contribution is -0.123. The number of methoxy groups -OCH3 is 1. The molecule has 1 aliphatic carbocycles. The van der Waals surface area contributed by atoms with Crippen molar-refractivity contribution < 1.29 is 13.9 Å². The summed E-state index contributed by atoms with van der Waals surface area (Å²) >= 11 is 0. The second kappa shape index (κ2) is 6.41. The molecule has 2 aromatic carbocycles. The molecule has 1 fully saturated rings. The van der Waals surface area contributed by atoms with Crippen LogP contribution in [0.2, 0.25) is 0 Å². The second-order valence-electron chi connectivity index (χ2n) is 5.92. The molecule has 0 heterocycles. The number of hydrogen-bond acceptors (Lipinski definition) is 2. The molecule has 1 saturated carbocycles. The molecule has 0 bridgehead atoms. The van der Waals surface area contributed by atoms with Crippen molar-refractivity contribution in [3.8, 4) is 5.75 Å². The van der Waals surface area contributed by atoms with E-state index in [1.807, 2.05) is 24.3 Å². The Morgan fingerprint density at radius 3 is 2.70 bits per heavy atom.